The Hall–Kier alpha value is -1.14. The minimum atomic E-state index is -3.42. The van der Waals surface area contributed by atoms with Gasteiger partial charge in [0.2, 0.25) is 0 Å². The molecule has 2 N–H and O–H groups in total. The van der Waals surface area contributed by atoms with E-state index in [1.807, 2.05) is 0 Å². The first kappa shape index (κ1) is 12.3. The molecule has 4 nitrogen and oxygen atoms in total. The van der Waals surface area contributed by atoms with Gasteiger partial charge in [-0.05, 0) is 19.1 Å². The SMILES string of the molecule is CC1CN(CCN)c2c(F)cccc2S1(=O)=O. The quantitative estimate of drug-likeness (QED) is 0.851. The molecule has 0 saturated heterocycles. The van der Waals surface area contributed by atoms with Gasteiger partial charge in [-0.2, -0.15) is 0 Å². The van der Waals surface area contributed by atoms with Crippen molar-refractivity contribution in [1.82, 2.24) is 0 Å². The van der Waals surface area contributed by atoms with Crippen molar-refractivity contribution in [3.05, 3.63) is 24.0 Å². The van der Waals surface area contributed by atoms with Gasteiger partial charge in [-0.1, -0.05) is 6.07 Å². The zero-order valence-corrected chi connectivity index (χ0v) is 10.4. The van der Waals surface area contributed by atoms with E-state index in [-0.39, 0.29) is 17.1 Å². The van der Waals surface area contributed by atoms with Crippen LogP contribution in [0.15, 0.2) is 23.1 Å². The third kappa shape index (κ3) is 1.91. The second-order valence-corrected chi connectivity index (χ2v) is 6.51. The lowest BCUT2D eigenvalue weighted by Gasteiger charge is -2.34. The van der Waals surface area contributed by atoms with Gasteiger partial charge in [0.05, 0.1) is 15.8 Å². The van der Waals surface area contributed by atoms with Crippen molar-refractivity contribution < 1.29 is 12.8 Å². The fraction of sp³-hybridized carbons (Fsp3) is 0.455. The second kappa shape index (κ2) is 4.27. The Kier molecular flexibility index (Phi) is 3.09. The first-order valence-electron chi connectivity index (χ1n) is 5.46. The molecule has 0 fully saturated rings. The van der Waals surface area contributed by atoms with Crippen LogP contribution in [0.5, 0.6) is 0 Å². The maximum atomic E-state index is 13.8. The van der Waals surface area contributed by atoms with Crippen molar-refractivity contribution in [3.63, 3.8) is 0 Å². The van der Waals surface area contributed by atoms with Crippen LogP contribution in [0.4, 0.5) is 10.1 Å². The summed E-state index contributed by atoms with van der Waals surface area (Å²) in [4.78, 5) is 1.78. The second-order valence-electron chi connectivity index (χ2n) is 4.18. The van der Waals surface area contributed by atoms with E-state index in [1.54, 1.807) is 11.8 Å². The monoisotopic (exact) mass is 258 g/mol. The number of nitrogens with zero attached hydrogens (tertiary/aromatic N) is 1. The molecule has 1 aliphatic rings. The molecule has 0 aliphatic carbocycles. The predicted octanol–water partition coefficient (Wildman–Crippen LogP) is 0.767. The zero-order chi connectivity index (χ0) is 12.6. The van der Waals surface area contributed by atoms with Gasteiger partial charge in [-0.25, -0.2) is 12.8 Å². The molecule has 0 amide bonds. The number of para-hydroxylation sites is 1. The van der Waals surface area contributed by atoms with Gasteiger partial charge in [0.1, 0.15) is 5.82 Å². The highest BCUT2D eigenvalue weighted by atomic mass is 32.2. The largest absolute Gasteiger partial charge is 0.366 e. The Morgan fingerprint density at radius 1 is 1.53 bits per heavy atom. The zero-order valence-electron chi connectivity index (χ0n) is 9.56. The van der Waals surface area contributed by atoms with Crippen LogP contribution in [0.1, 0.15) is 6.92 Å². The minimum absolute atomic E-state index is 0.0738. The first-order valence-corrected chi connectivity index (χ1v) is 7.00. The van der Waals surface area contributed by atoms with E-state index < -0.39 is 20.9 Å². The molecule has 94 valence electrons. The van der Waals surface area contributed by atoms with Crippen LogP contribution in [0.25, 0.3) is 0 Å². The highest BCUT2D eigenvalue weighted by Gasteiger charge is 2.35. The standard InChI is InChI=1S/C11H15FN2O2S/c1-8-7-14(6-5-13)11-9(12)3-2-4-10(11)17(8,15)16/h2-4,8H,5-7,13H2,1H3. The van der Waals surface area contributed by atoms with E-state index in [2.05, 4.69) is 0 Å². The Morgan fingerprint density at radius 2 is 2.24 bits per heavy atom. The molecule has 0 spiro atoms. The molecule has 1 heterocycles. The minimum Gasteiger partial charge on any atom is -0.366 e. The van der Waals surface area contributed by atoms with Crippen molar-refractivity contribution >= 4 is 15.5 Å². The highest BCUT2D eigenvalue weighted by Crippen LogP contribution is 2.35. The van der Waals surface area contributed by atoms with E-state index in [1.165, 1.54) is 18.2 Å². The lowest BCUT2D eigenvalue weighted by Crippen LogP contribution is -2.43. The lowest BCUT2D eigenvalue weighted by molar-refractivity contribution is 0.560. The van der Waals surface area contributed by atoms with E-state index in [9.17, 15) is 12.8 Å². The van der Waals surface area contributed by atoms with Gasteiger partial charge < -0.3 is 10.6 Å². The molecule has 1 atom stereocenters. The van der Waals surface area contributed by atoms with Gasteiger partial charge in [-0.15, -0.1) is 0 Å². The van der Waals surface area contributed by atoms with Crippen molar-refractivity contribution in [2.24, 2.45) is 5.73 Å². The number of nitrogens with two attached hydrogens (primary N) is 1. The van der Waals surface area contributed by atoms with Gasteiger partial charge in [0.15, 0.2) is 9.84 Å². The summed E-state index contributed by atoms with van der Waals surface area (Å²) in [7, 11) is -3.42. The molecular formula is C11H15FN2O2S. The van der Waals surface area contributed by atoms with Crippen LogP contribution < -0.4 is 10.6 Å². The van der Waals surface area contributed by atoms with Crippen LogP contribution in [-0.2, 0) is 9.84 Å². The lowest BCUT2D eigenvalue weighted by atomic mass is 10.2. The number of benzene rings is 1. The molecular weight excluding hydrogens is 243 g/mol. The number of rotatable bonds is 2. The highest BCUT2D eigenvalue weighted by molar-refractivity contribution is 7.92. The molecule has 1 aliphatic heterocycles. The maximum Gasteiger partial charge on any atom is 0.184 e. The number of fused-ring (bicyclic) bond motifs is 1. The number of hydrogen-bond donors (Lipinski definition) is 1. The van der Waals surface area contributed by atoms with Gasteiger partial charge in [-0.3, -0.25) is 0 Å². The topological polar surface area (TPSA) is 63.4 Å². The normalized spacial score (nSPS) is 22.3. The number of anilines is 1. The van der Waals surface area contributed by atoms with Crippen LogP contribution in [-0.4, -0.2) is 33.3 Å². The van der Waals surface area contributed by atoms with Crippen LogP contribution >= 0.6 is 0 Å². The fourth-order valence-electron chi connectivity index (χ4n) is 2.11. The molecule has 6 heteroatoms. The van der Waals surface area contributed by atoms with Crippen molar-refractivity contribution in [1.29, 1.82) is 0 Å². The Morgan fingerprint density at radius 3 is 2.88 bits per heavy atom. The van der Waals surface area contributed by atoms with E-state index in [0.717, 1.165) is 0 Å². The maximum absolute atomic E-state index is 13.8. The molecule has 1 aromatic rings. The Balaban J connectivity index is 2.63. The molecule has 2 rings (SSSR count). The molecule has 17 heavy (non-hydrogen) atoms. The van der Waals surface area contributed by atoms with E-state index in [4.69, 9.17) is 5.73 Å². The summed E-state index contributed by atoms with van der Waals surface area (Å²) in [6.45, 7) is 2.73. The molecule has 1 unspecified atom stereocenters. The fourth-order valence-corrected chi connectivity index (χ4v) is 3.68. The first-order chi connectivity index (χ1) is 7.98. The van der Waals surface area contributed by atoms with Gasteiger partial charge in [0, 0.05) is 19.6 Å². The van der Waals surface area contributed by atoms with E-state index in [0.29, 0.717) is 13.1 Å². The van der Waals surface area contributed by atoms with Gasteiger partial charge in [0.25, 0.3) is 0 Å². The summed E-state index contributed by atoms with van der Waals surface area (Å²) < 4.78 is 37.9. The molecule has 0 saturated carbocycles. The predicted molar refractivity (Wildman–Crippen MR) is 64.3 cm³/mol. The van der Waals surface area contributed by atoms with Crippen molar-refractivity contribution in [3.8, 4) is 0 Å². The average molecular weight is 258 g/mol. The molecule has 0 bridgehead atoms. The van der Waals surface area contributed by atoms with Crippen LogP contribution in [0.3, 0.4) is 0 Å². The molecule has 0 aromatic heterocycles. The summed E-state index contributed by atoms with van der Waals surface area (Å²) in [5, 5.41) is -0.539. The Bertz CT molecular complexity index is 530. The number of halogens is 1. The number of hydrogen-bond acceptors (Lipinski definition) is 4. The summed E-state index contributed by atoms with van der Waals surface area (Å²) in [6.07, 6.45) is 0. The van der Waals surface area contributed by atoms with Crippen LogP contribution in [0, 0.1) is 5.82 Å². The number of sulfone groups is 1. The van der Waals surface area contributed by atoms with Crippen LogP contribution in [0.2, 0.25) is 0 Å². The third-order valence-electron chi connectivity index (χ3n) is 2.98. The average Bonchev–Trinajstić information content (AvgIpc) is 2.26. The molecule has 0 radical (unpaired) electrons. The molecule has 1 aromatic carbocycles. The van der Waals surface area contributed by atoms with Crippen molar-refractivity contribution in [2.75, 3.05) is 24.5 Å². The smallest absolute Gasteiger partial charge is 0.184 e. The summed E-state index contributed by atoms with van der Waals surface area (Å²) in [5.41, 5.74) is 5.63. The summed E-state index contributed by atoms with van der Waals surface area (Å²) in [5.74, 6) is -0.508. The van der Waals surface area contributed by atoms with Gasteiger partial charge >= 0.3 is 0 Å². The van der Waals surface area contributed by atoms with E-state index >= 15 is 0 Å². The summed E-state index contributed by atoms with van der Waals surface area (Å²) in [6, 6.07) is 4.14. The third-order valence-corrected chi connectivity index (χ3v) is 5.13. The summed E-state index contributed by atoms with van der Waals surface area (Å²) >= 11 is 0. The van der Waals surface area contributed by atoms with Crippen molar-refractivity contribution in [2.45, 2.75) is 17.1 Å². The Labute approximate surface area is 100 Å².